The summed E-state index contributed by atoms with van der Waals surface area (Å²) >= 11 is 6.99. The van der Waals surface area contributed by atoms with Crippen LogP contribution in [0.25, 0.3) is 0 Å². The smallest absolute Gasteiger partial charge is 0.109 e. The van der Waals surface area contributed by atoms with Gasteiger partial charge in [0.1, 0.15) is 3.23 Å². The summed E-state index contributed by atoms with van der Waals surface area (Å²) in [6.45, 7) is 3.08. The highest BCUT2D eigenvalue weighted by Gasteiger charge is 2.51. The first-order valence-corrected chi connectivity index (χ1v) is 5.25. The van der Waals surface area contributed by atoms with Crippen molar-refractivity contribution < 1.29 is 4.74 Å². The van der Waals surface area contributed by atoms with E-state index in [2.05, 4.69) is 38.8 Å². The molecule has 1 nitrogen and oxygen atoms in total. The Balaban J connectivity index is 1.97. The van der Waals surface area contributed by atoms with Gasteiger partial charge in [0, 0.05) is 13.0 Å². The Bertz CT molecular complexity index is 114. The van der Waals surface area contributed by atoms with Crippen LogP contribution in [0, 0.1) is 0 Å². The van der Waals surface area contributed by atoms with Gasteiger partial charge in [-0.2, -0.15) is 0 Å². The van der Waals surface area contributed by atoms with Gasteiger partial charge < -0.3 is 4.74 Å². The highest BCUT2D eigenvalue weighted by molar-refractivity contribution is 9.25. The Labute approximate surface area is 78.8 Å². The van der Waals surface area contributed by atoms with Crippen molar-refractivity contribution in [3.8, 4) is 0 Å². The topological polar surface area (TPSA) is 9.23 Å². The zero-order valence-electron chi connectivity index (χ0n) is 6.07. The largest absolute Gasteiger partial charge is 0.376 e. The van der Waals surface area contributed by atoms with Crippen molar-refractivity contribution in [3.05, 3.63) is 0 Å². The molecule has 0 heterocycles. The molecule has 0 saturated heterocycles. The van der Waals surface area contributed by atoms with E-state index in [9.17, 15) is 0 Å². The van der Waals surface area contributed by atoms with E-state index in [-0.39, 0.29) is 3.23 Å². The Kier molecular flexibility index (Phi) is 3.20. The number of hydrogen-bond donors (Lipinski definition) is 0. The van der Waals surface area contributed by atoms with E-state index >= 15 is 0 Å². The van der Waals surface area contributed by atoms with Crippen LogP contribution in [0.1, 0.15) is 26.2 Å². The van der Waals surface area contributed by atoms with Crippen LogP contribution in [-0.2, 0) is 4.74 Å². The molecule has 1 atom stereocenters. The molecule has 0 aliphatic heterocycles. The number of halogens is 2. The molecule has 1 saturated carbocycles. The molecule has 1 fully saturated rings. The fraction of sp³-hybridized carbons (Fsp3) is 1.00. The Hall–Kier alpha value is 0.920. The molecule has 1 unspecified atom stereocenters. The summed E-state index contributed by atoms with van der Waals surface area (Å²) in [5.41, 5.74) is 0. The number of hydrogen-bond acceptors (Lipinski definition) is 1. The second-order valence-electron chi connectivity index (χ2n) is 2.68. The maximum atomic E-state index is 5.51. The van der Waals surface area contributed by atoms with Gasteiger partial charge in [0.2, 0.25) is 0 Å². The van der Waals surface area contributed by atoms with E-state index in [0.717, 1.165) is 13.0 Å². The minimum Gasteiger partial charge on any atom is -0.376 e. The second-order valence-corrected chi connectivity index (χ2v) is 6.57. The van der Waals surface area contributed by atoms with E-state index < -0.39 is 0 Å². The lowest BCUT2D eigenvalue weighted by Crippen LogP contribution is -2.02. The average Bonchev–Trinajstić information content (AvgIpc) is 2.41. The van der Waals surface area contributed by atoms with Crippen molar-refractivity contribution in [2.24, 2.45) is 0 Å². The van der Waals surface area contributed by atoms with Crippen LogP contribution in [0.5, 0.6) is 0 Å². The quantitative estimate of drug-likeness (QED) is 0.564. The molecule has 0 amide bonds. The molecule has 0 N–H and O–H groups in total. The minimum absolute atomic E-state index is 0.119. The molecule has 1 aliphatic rings. The normalized spacial score (nSPS) is 28.5. The van der Waals surface area contributed by atoms with Gasteiger partial charge >= 0.3 is 0 Å². The molecule has 0 bridgehead atoms. The zero-order valence-corrected chi connectivity index (χ0v) is 9.24. The molecular formula is C7H12Br2O. The third-order valence-electron chi connectivity index (χ3n) is 1.59. The molecule has 1 aliphatic carbocycles. The highest BCUT2D eigenvalue weighted by atomic mass is 79.9. The monoisotopic (exact) mass is 270 g/mol. The third kappa shape index (κ3) is 2.51. The van der Waals surface area contributed by atoms with Gasteiger partial charge in [-0.1, -0.05) is 45.2 Å². The van der Waals surface area contributed by atoms with E-state index in [1.807, 2.05) is 0 Å². The van der Waals surface area contributed by atoms with Crippen LogP contribution < -0.4 is 0 Å². The first-order chi connectivity index (χ1) is 4.67. The molecule has 0 spiro atoms. The van der Waals surface area contributed by atoms with Gasteiger partial charge in [0.05, 0.1) is 6.10 Å². The molecule has 0 aromatic rings. The lowest BCUT2D eigenvalue weighted by Gasteiger charge is -2.01. The van der Waals surface area contributed by atoms with E-state index in [1.165, 1.54) is 12.8 Å². The average molecular weight is 272 g/mol. The van der Waals surface area contributed by atoms with Crippen LogP contribution in [0.3, 0.4) is 0 Å². The molecular weight excluding hydrogens is 260 g/mol. The summed E-state index contributed by atoms with van der Waals surface area (Å²) in [4.78, 5) is 0. The van der Waals surface area contributed by atoms with Gasteiger partial charge in [-0.15, -0.1) is 0 Å². The van der Waals surface area contributed by atoms with Crippen LogP contribution in [0.4, 0.5) is 0 Å². The molecule has 0 aromatic carbocycles. The van der Waals surface area contributed by atoms with E-state index in [4.69, 9.17) is 4.74 Å². The second kappa shape index (κ2) is 3.55. The van der Waals surface area contributed by atoms with Crippen molar-refractivity contribution in [2.75, 3.05) is 6.61 Å². The van der Waals surface area contributed by atoms with Gasteiger partial charge in [0.25, 0.3) is 0 Å². The van der Waals surface area contributed by atoms with E-state index in [0.29, 0.717) is 6.10 Å². The standard InChI is InChI=1S/C7H12Br2O/c1-2-3-4-10-6-5-7(6,8)9/h6H,2-5H2,1H3. The number of unbranched alkanes of at least 4 members (excludes halogenated alkanes) is 1. The van der Waals surface area contributed by atoms with Crippen molar-refractivity contribution in [1.29, 1.82) is 0 Å². The van der Waals surface area contributed by atoms with Crippen LogP contribution in [-0.4, -0.2) is 15.9 Å². The van der Waals surface area contributed by atoms with E-state index in [1.54, 1.807) is 0 Å². The maximum absolute atomic E-state index is 5.51. The summed E-state index contributed by atoms with van der Waals surface area (Å²) < 4.78 is 5.63. The predicted molar refractivity (Wildman–Crippen MR) is 49.9 cm³/mol. The Morgan fingerprint density at radius 1 is 1.60 bits per heavy atom. The van der Waals surface area contributed by atoms with Gasteiger partial charge in [-0.3, -0.25) is 0 Å². The van der Waals surface area contributed by atoms with Crippen LogP contribution in [0.15, 0.2) is 0 Å². The summed E-state index contributed by atoms with van der Waals surface area (Å²) in [6, 6.07) is 0. The van der Waals surface area contributed by atoms with Crippen LogP contribution >= 0.6 is 31.9 Å². The Morgan fingerprint density at radius 3 is 2.60 bits per heavy atom. The van der Waals surface area contributed by atoms with Gasteiger partial charge in [0.15, 0.2) is 0 Å². The summed E-state index contributed by atoms with van der Waals surface area (Å²) in [7, 11) is 0. The molecule has 60 valence electrons. The molecule has 0 radical (unpaired) electrons. The fourth-order valence-corrected chi connectivity index (χ4v) is 1.59. The summed E-state index contributed by atoms with van der Waals surface area (Å²) in [5, 5.41) is 0. The van der Waals surface area contributed by atoms with Crippen LogP contribution in [0.2, 0.25) is 0 Å². The first-order valence-electron chi connectivity index (χ1n) is 3.66. The van der Waals surface area contributed by atoms with Gasteiger partial charge in [-0.25, -0.2) is 0 Å². The highest BCUT2D eigenvalue weighted by Crippen LogP contribution is 2.52. The number of rotatable bonds is 4. The number of ether oxygens (including phenoxy) is 1. The van der Waals surface area contributed by atoms with Crippen molar-refractivity contribution >= 4 is 31.9 Å². The maximum Gasteiger partial charge on any atom is 0.109 e. The van der Waals surface area contributed by atoms with Crippen molar-refractivity contribution in [1.82, 2.24) is 0 Å². The lowest BCUT2D eigenvalue weighted by atomic mass is 10.4. The molecule has 1 rings (SSSR count). The Morgan fingerprint density at radius 2 is 2.20 bits per heavy atom. The minimum atomic E-state index is 0.119. The van der Waals surface area contributed by atoms with Crippen molar-refractivity contribution in [3.63, 3.8) is 0 Å². The van der Waals surface area contributed by atoms with Gasteiger partial charge in [-0.05, 0) is 6.42 Å². The number of alkyl halides is 2. The molecule has 3 heteroatoms. The zero-order chi connectivity index (χ0) is 7.61. The fourth-order valence-electron chi connectivity index (χ4n) is 0.739. The summed E-state index contributed by atoms with van der Waals surface area (Å²) in [5.74, 6) is 0. The SMILES string of the molecule is CCCCOC1CC1(Br)Br. The molecule has 0 aromatic heterocycles. The molecule has 10 heavy (non-hydrogen) atoms. The third-order valence-corrected chi connectivity index (χ3v) is 3.25. The first kappa shape index (κ1) is 9.01. The summed E-state index contributed by atoms with van der Waals surface area (Å²) in [6.07, 6.45) is 3.88. The predicted octanol–water partition coefficient (Wildman–Crippen LogP) is 3.06. The lowest BCUT2D eigenvalue weighted by molar-refractivity contribution is 0.117. The van der Waals surface area contributed by atoms with Crippen molar-refractivity contribution in [2.45, 2.75) is 35.5 Å².